The largest absolute Gasteiger partial charge is 0.416 e. The molecule has 2 aliphatic heterocycles. The molecule has 2 aliphatic rings. The smallest absolute Gasteiger partial charge is 0.391 e. The van der Waals surface area contributed by atoms with Gasteiger partial charge in [0.15, 0.2) is 0 Å². The van der Waals surface area contributed by atoms with Crippen LogP contribution in [0.4, 0.5) is 13.2 Å². The van der Waals surface area contributed by atoms with Crippen LogP contribution in [0.25, 0.3) is 0 Å². The third-order valence-electron chi connectivity index (χ3n) is 5.17. The van der Waals surface area contributed by atoms with E-state index >= 15 is 0 Å². The van der Waals surface area contributed by atoms with Crippen LogP contribution in [0, 0.1) is 5.92 Å². The van der Waals surface area contributed by atoms with Crippen molar-refractivity contribution in [1.29, 1.82) is 0 Å². The van der Waals surface area contributed by atoms with E-state index in [2.05, 4.69) is 26.4 Å². The van der Waals surface area contributed by atoms with E-state index < -0.39 is 17.8 Å². The number of carbonyl (C=O) groups excluding carboxylic acids is 1. The number of benzene rings is 1. The summed E-state index contributed by atoms with van der Waals surface area (Å²) in [4.78, 5) is 19.9. The Bertz CT molecular complexity index is 701. The van der Waals surface area contributed by atoms with Gasteiger partial charge in [-0.1, -0.05) is 17.3 Å². The van der Waals surface area contributed by atoms with Crippen molar-refractivity contribution in [3.8, 4) is 0 Å². The number of likely N-dealkylation sites (tertiary alicyclic amines) is 1. The molecule has 3 rings (SSSR count). The number of carbonyl (C=O) groups is 1. The van der Waals surface area contributed by atoms with E-state index in [4.69, 9.17) is 4.84 Å². The number of amides is 1. The first-order chi connectivity index (χ1) is 12.8. The van der Waals surface area contributed by atoms with E-state index in [9.17, 15) is 18.0 Å². The van der Waals surface area contributed by atoms with Crippen molar-refractivity contribution in [2.45, 2.75) is 37.6 Å². The van der Waals surface area contributed by atoms with Crippen molar-refractivity contribution in [3.05, 3.63) is 35.4 Å². The molecule has 5 nitrogen and oxygen atoms in total. The van der Waals surface area contributed by atoms with E-state index in [1.165, 1.54) is 19.2 Å². The molecule has 1 fully saturated rings. The van der Waals surface area contributed by atoms with Crippen molar-refractivity contribution >= 4 is 26.5 Å². The summed E-state index contributed by atoms with van der Waals surface area (Å²) in [7, 11) is 1.54. The maximum absolute atomic E-state index is 12.8. The first kappa shape index (κ1) is 20.1. The van der Waals surface area contributed by atoms with Gasteiger partial charge in [-0.25, -0.2) is 0 Å². The van der Waals surface area contributed by atoms with E-state index in [0.717, 1.165) is 36.0 Å². The second-order valence-electron chi connectivity index (χ2n) is 6.83. The van der Waals surface area contributed by atoms with Crippen LogP contribution in [0.1, 0.15) is 36.4 Å². The summed E-state index contributed by atoms with van der Waals surface area (Å²) >= 11 is 3.34. The lowest BCUT2D eigenvalue weighted by molar-refractivity contribution is -0.137. The molecule has 0 saturated carbocycles. The van der Waals surface area contributed by atoms with Gasteiger partial charge in [0, 0.05) is 19.4 Å². The minimum atomic E-state index is -4.39. The van der Waals surface area contributed by atoms with Gasteiger partial charge in [0.05, 0.1) is 5.56 Å². The molecular formula is C18H21BrF3N3O2. The summed E-state index contributed by atoms with van der Waals surface area (Å²) in [6.07, 6.45) is -1.91. The van der Waals surface area contributed by atoms with Crippen molar-refractivity contribution < 1.29 is 22.8 Å². The second kappa shape index (κ2) is 8.18. The molecule has 2 atom stereocenters. The molecular weight excluding hydrogens is 427 g/mol. The molecule has 0 radical (unpaired) electrons. The van der Waals surface area contributed by atoms with Gasteiger partial charge in [-0.2, -0.15) is 13.2 Å². The number of nitrogens with zero attached hydrogens (tertiary/aromatic N) is 2. The summed E-state index contributed by atoms with van der Waals surface area (Å²) in [6, 6.07) is 4.23. The van der Waals surface area contributed by atoms with Crippen LogP contribution < -0.4 is 5.32 Å². The van der Waals surface area contributed by atoms with E-state index in [1.807, 2.05) is 4.90 Å². The van der Waals surface area contributed by atoms with Gasteiger partial charge in [0.25, 0.3) is 0 Å². The van der Waals surface area contributed by atoms with Gasteiger partial charge in [-0.3, -0.25) is 9.69 Å². The van der Waals surface area contributed by atoms with E-state index in [-0.39, 0.29) is 12.0 Å². The lowest BCUT2D eigenvalue weighted by atomic mass is 9.88. The normalized spacial score (nSPS) is 22.9. The fourth-order valence-electron chi connectivity index (χ4n) is 3.69. The average molecular weight is 448 g/mol. The number of halogens is 4. The minimum absolute atomic E-state index is 0.0473. The molecule has 1 saturated heterocycles. The number of alkyl halides is 3. The van der Waals surface area contributed by atoms with Gasteiger partial charge in [-0.05, 0) is 59.6 Å². The fraction of sp³-hybridized carbons (Fsp3) is 0.556. The molecule has 9 heteroatoms. The quantitative estimate of drug-likeness (QED) is 0.765. The highest BCUT2D eigenvalue weighted by Gasteiger charge is 2.36. The lowest BCUT2D eigenvalue weighted by Gasteiger charge is -2.38. The number of piperidine rings is 1. The fourth-order valence-corrected chi connectivity index (χ4v) is 4.09. The van der Waals surface area contributed by atoms with Crippen LogP contribution in [0.3, 0.4) is 0 Å². The summed E-state index contributed by atoms with van der Waals surface area (Å²) < 4.78 is 39.2. The molecule has 1 unspecified atom stereocenters. The standard InChI is InChI=1S/C18H21BrF3N3O2/c1-23-17(26)16(12-2-4-13(5-3-12)18(20,21)22)25-8-6-11(7-9-25)14-10-15(19)24-27-14/h2-5,11,14,16H,6-10H2,1H3,(H,23,26)/t14-,16?/m1/s1. The monoisotopic (exact) mass is 447 g/mol. The average Bonchev–Trinajstić information content (AvgIpc) is 3.08. The van der Waals surface area contributed by atoms with Gasteiger partial charge in [-0.15, -0.1) is 0 Å². The number of hydrogen-bond donors (Lipinski definition) is 1. The Morgan fingerprint density at radius 2 is 1.93 bits per heavy atom. The molecule has 1 aromatic carbocycles. The lowest BCUT2D eigenvalue weighted by Crippen LogP contribution is -2.45. The third kappa shape index (κ3) is 4.63. The Morgan fingerprint density at radius 3 is 2.41 bits per heavy atom. The highest BCUT2D eigenvalue weighted by Crippen LogP contribution is 2.34. The molecule has 27 heavy (non-hydrogen) atoms. The molecule has 0 bridgehead atoms. The van der Waals surface area contributed by atoms with Gasteiger partial charge < -0.3 is 10.2 Å². The Hall–Kier alpha value is -1.61. The van der Waals surface area contributed by atoms with Crippen molar-refractivity contribution in [1.82, 2.24) is 10.2 Å². The Morgan fingerprint density at radius 1 is 1.30 bits per heavy atom. The predicted molar refractivity (Wildman–Crippen MR) is 98.4 cm³/mol. The summed E-state index contributed by atoms with van der Waals surface area (Å²) in [5.41, 5.74) is -0.159. The van der Waals surface area contributed by atoms with Crippen molar-refractivity contribution in [2.24, 2.45) is 11.1 Å². The molecule has 0 aliphatic carbocycles. The molecule has 148 valence electrons. The molecule has 2 heterocycles. The SMILES string of the molecule is CNC(=O)C(c1ccc(C(F)(F)F)cc1)N1CCC([C@H]2CC(Br)=NO2)CC1. The molecule has 1 N–H and O–H groups in total. The maximum Gasteiger partial charge on any atom is 0.416 e. The molecule has 1 amide bonds. The van der Waals surface area contributed by atoms with Crippen LogP contribution >= 0.6 is 15.9 Å². The Kier molecular flexibility index (Phi) is 6.10. The van der Waals surface area contributed by atoms with Crippen molar-refractivity contribution in [3.63, 3.8) is 0 Å². The van der Waals surface area contributed by atoms with Crippen molar-refractivity contribution in [2.75, 3.05) is 20.1 Å². The van der Waals surface area contributed by atoms with Crippen LogP contribution in [0.15, 0.2) is 29.4 Å². The topological polar surface area (TPSA) is 53.9 Å². The van der Waals surface area contributed by atoms with E-state index in [1.54, 1.807) is 0 Å². The molecule has 0 spiro atoms. The highest BCUT2D eigenvalue weighted by atomic mass is 79.9. The number of likely N-dealkylation sites (N-methyl/N-ethyl adjacent to an activating group) is 1. The third-order valence-corrected chi connectivity index (χ3v) is 5.64. The number of hydrogen-bond acceptors (Lipinski definition) is 4. The number of nitrogens with one attached hydrogen (secondary N) is 1. The molecule has 0 aromatic heterocycles. The maximum atomic E-state index is 12.8. The number of oxime groups is 1. The van der Waals surface area contributed by atoms with Gasteiger partial charge >= 0.3 is 6.18 Å². The Balaban J connectivity index is 1.70. The van der Waals surface area contributed by atoms with E-state index in [0.29, 0.717) is 24.6 Å². The summed E-state index contributed by atoms with van der Waals surface area (Å²) in [5.74, 6) is 0.120. The second-order valence-corrected chi connectivity index (χ2v) is 7.74. The number of rotatable bonds is 4. The summed E-state index contributed by atoms with van der Waals surface area (Å²) in [5, 5.41) is 6.55. The van der Waals surface area contributed by atoms with Crippen LogP contribution in [0.5, 0.6) is 0 Å². The van der Waals surface area contributed by atoms with Gasteiger partial charge in [0.1, 0.15) is 16.8 Å². The zero-order valence-corrected chi connectivity index (χ0v) is 16.4. The predicted octanol–water partition coefficient (Wildman–Crippen LogP) is 3.70. The zero-order chi connectivity index (χ0) is 19.6. The highest BCUT2D eigenvalue weighted by molar-refractivity contribution is 9.18. The van der Waals surface area contributed by atoms with Crippen LogP contribution in [-0.4, -0.2) is 41.7 Å². The van der Waals surface area contributed by atoms with Gasteiger partial charge in [0.2, 0.25) is 5.91 Å². The van der Waals surface area contributed by atoms with Crippen LogP contribution in [-0.2, 0) is 15.8 Å². The Labute approximate surface area is 164 Å². The zero-order valence-electron chi connectivity index (χ0n) is 14.8. The molecule has 1 aromatic rings. The minimum Gasteiger partial charge on any atom is -0.391 e. The van der Waals surface area contributed by atoms with Crippen LogP contribution in [0.2, 0.25) is 0 Å². The first-order valence-electron chi connectivity index (χ1n) is 8.80. The summed E-state index contributed by atoms with van der Waals surface area (Å²) in [6.45, 7) is 1.34. The first-order valence-corrected chi connectivity index (χ1v) is 9.60.